The lowest BCUT2D eigenvalue weighted by atomic mass is 9.74. The molecule has 1 fully saturated rings. The van der Waals surface area contributed by atoms with Gasteiger partial charge in [0.2, 0.25) is 0 Å². The van der Waals surface area contributed by atoms with Crippen molar-refractivity contribution in [2.45, 2.75) is 18.8 Å². The van der Waals surface area contributed by atoms with Crippen molar-refractivity contribution in [3.8, 4) is 22.6 Å². The first-order chi connectivity index (χ1) is 16.6. The first-order valence-corrected chi connectivity index (χ1v) is 11.7. The van der Waals surface area contributed by atoms with Crippen LogP contribution in [0, 0.1) is 5.92 Å². The lowest BCUT2D eigenvalue weighted by Crippen LogP contribution is -2.32. The van der Waals surface area contributed by atoms with Gasteiger partial charge < -0.3 is 10.6 Å². The highest BCUT2D eigenvalue weighted by atomic mass is 15.1. The molecule has 1 aliphatic rings. The smallest absolute Gasteiger partial charge is 0.150 e. The SMILES string of the molecule is CN(C)C[C@H]1C[C@@H](c2nc(-c3ccc4ccc(-c5ccccn5)nc4c3)c3c(N)nccn32)C1. The number of aromatic nitrogens is 5. The van der Waals surface area contributed by atoms with Crippen molar-refractivity contribution in [3.63, 3.8) is 0 Å². The fourth-order valence-corrected chi connectivity index (χ4v) is 5.11. The maximum Gasteiger partial charge on any atom is 0.150 e. The molecule has 0 saturated heterocycles. The van der Waals surface area contributed by atoms with Crippen LogP contribution in [0.4, 0.5) is 5.82 Å². The number of pyridine rings is 2. The zero-order valence-corrected chi connectivity index (χ0v) is 19.4. The number of fused-ring (bicyclic) bond motifs is 2. The minimum Gasteiger partial charge on any atom is -0.382 e. The maximum absolute atomic E-state index is 6.37. The summed E-state index contributed by atoms with van der Waals surface area (Å²) in [4.78, 5) is 21.1. The van der Waals surface area contributed by atoms with E-state index in [-0.39, 0.29) is 0 Å². The molecule has 6 rings (SSSR count). The molecule has 1 saturated carbocycles. The number of rotatable bonds is 5. The van der Waals surface area contributed by atoms with Gasteiger partial charge >= 0.3 is 0 Å². The molecule has 0 aliphatic heterocycles. The number of hydrogen-bond acceptors (Lipinski definition) is 6. The summed E-state index contributed by atoms with van der Waals surface area (Å²) in [5.41, 5.74) is 11.7. The third-order valence-corrected chi connectivity index (χ3v) is 6.73. The highest BCUT2D eigenvalue weighted by Gasteiger charge is 2.34. The van der Waals surface area contributed by atoms with Gasteiger partial charge in [-0.05, 0) is 57.1 Å². The molecule has 34 heavy (non-hydrogen) atoms. The average molecular weight is 450 g/mol. The monoisotopic (exact) mass is 449 g/mol. The minimum atomic E-state index is 0.433. The standard InChI is InChI=1S/C27H27N7/c1-33(2)16-17-13-20(14-17)27-32-24(25-26(28)30-11-12-34(25)27)19-7-6-18-8-9-22(31-23(18)15-19)21-5-3-4-10-29-21/h3-12,15,17,20H,13-14,16H2,1-2H3,(H2,28,30)/t17-,20+. The third-order valence-electron chi connectivity index (χ3n) is 6.73. The summed E-state index contributed by atoms with van der Waals surface area (Å²) in [5.74, 6) is 2.72. The topological polar surface area (TPSA) is 85.2 Å². The summed E-state index contributed by atoms with van der Waals surface area (Å²) in [7, 11) is 4.27. The van der Waals surface area contributed by atoms with Gasteiger partial charge in [-0.2, -0.15) is 0 Å². The molecule has 170 valence electrons. The van der Waals surface area contributed by atoms with Gasteiger partial charge in [0.05, 0.1) is 16.9 Å². The molecular formula is C27H27N7. The Kier molecular flexibility index (Phi) is 4.99. The second kappa shape index (κ2) is 8.18. The first-order valence-electron chi connectivity index (χ1n) is 11.7. The zero-order valence-electron chi connectivity index (χ0n) is 19.4. The Morgan fingerprint density at radius 2 is 1.82 bits per heavy atom. The number of nitrogen functional groups attached to an aromatic ring is 1. The van der Waals surface area contributed by atoms with Crippen LogP contribution in [0.2, 0.25) is 0 Å². The van der Waals surface area contributed by atoms with E-state index in [1.54, 1.807) is 12.4 Å². The molecule has 7 nitrogen and oxygen atoms in total. The first kappa shape index (κ1) is 20.7. The molecular weight excluding hydrogens is 422 g/mol. The van der Waals surface area contributed by atoms with E-state index in [1.807, 2.05) is 30.5 Å². The predicted octanol–water partition coefficient (Wildman–Crippen LogP) is 4.64. The number of hydrogen-bond donors (Lipinski definition) is 1. The number of imidazole rings is 1. The van der Waals surface area contributed by atoms with Crippen molar-refractivity contribution < 1.29 is 0 Å². The van der Waals surface area contributed by atoms with Crippen LogP contribution in [-0.4, -0.2) is 49.9 Å². The highest BCUT2D eigenvalue weighted by Crippen LogP contribution is 2.43. The molecule has 2 N–H and O–H groups in total. The summed E-state index contributed by atoms with van der Waals surface area (Å²) in [6.07, 6.45) is 7.82. The van der Waals surface area contributed by atoms with Gasteiger partial charge in [0.1, 0.15) is 22.9 Å². The summed E-state index contributed by atoms with van der Waals surface area (Å²) >= 11 is 0. The van der Waals surface area contributed by atoms with E-state index in [9.17, 15) is 0 Å². The Bertz CT molecular complexity index is 1480. The van der Waals surface area contributed by atoms with Gasteiger partial charge in [0.25, 0.3) is 0 Å². The Labute approximate surface area is 198 Å². The van der Waals surface area contributed by atoms with Crippen LogP contribution in [0.3, 0.4) is 0 Å². The molecule has 0 unspecified atom stereocenters. The molecule has 0 bridgehead atoms. The molecule has 0 atom stereocenters. The Morgan fingerprint density at radius 1 is 0.971 bits per heavy atom. The second-order valence-corrected chi connectivity index (χ2v) is 9.47. The molecule has 0 spiro atoms. The Hall–Kier alpha value is -3.84. The summed E-state index contributed by atoms with van der Waals surface area (Å²) in [6.45, 7) is 1.12. The second-order valence-electron chi connectivity index (χ2n) is 9.47. The lowest BCUT2D eigenvalue weighted by Gasteiger charge is -2.36. The van der Waals surface area contributed by atoms with Gasteiger partial charge in [-0.3, -0.25) is 9.38 Å². The van der Waals surface area contributed by atoms with Crippen molar-refractivity contribution in [1.82, 2.24) is 29.2 Å². The fraction of sp³-hybridized carbons (Fsp3) is 0.259. The van der Waals surface area contributed by atoms with Crippen LogP contribution < -0.4 is 5.73 Å². The van der Waals surface area contributed by atoms with Crippen LogP contribution in [-0.2, 0) is 0 Å². The van der Waals surface area contributed by atoms with Crippen LogP contribution in [0.15, 0.2) is 67.1 Å². The maximum atomic E-state index is 6.37. The zero-order chi connectivity index (χ0) is 23.2. The number of nitrogens with two attached hydrogens (primary N) is 1. The van der Waals surface area contributed by atoms with E-state index >= 15 is 0 Å². The van der Waals surface area contributed by atoms with Gasteiger partial charge in [-0.15, -0.1) is 0 Å². The van der Waals surface area contributed by atoms with Crippen LogP contribution in [0.1, 0.15) is 24.6 Å². The normalized spacial score (nSPS) is 18.0. The number of anilines is 1. The van der Waals surface area contributed by atoms with Crippen molar-refractivity contribution in [1.29, 1.82) is 0 Å². The molecule has 5 aromatic rings. The fourth-order valence-electron chi connectivity index (χ4n) is 5.11. The summed E-state index contributed by atoms with van der Waals surface area (Å²) in [6, 6.07) is 16.2. The Morgan fingerprint density at radius 3 is 2.62 bits per heavy atom. The summed E-state index contributed by atoms with van der Waals surface area (Å²) in [5, 5.41) is 1.07. The van der Waals surface area contributed by atoms with Gasteiger partial charge in [-0.1, -0.05) is 24.3 Å². The molecule has 1 aromatic carbocycles. The van der Waals surface area contributed by atoms with Crippen molar-refractivity contribution in [2.75, 3.05) is 26.4 Å². The van der Waals surface area contributed by atoms with Crippen LogP contribution >= 0.6 is 0 Å². The van der Waals surface area contributed by atoms with Gasteiger partial charge in [0, 0.05) is 42.0 Å². The third kappa shape index (κ3) is 3.58. The largest absolute Gasteiger partial charge is 0.382 e. The van der Waals surface area contributed by atoms with E-state index in [2.05, 4.69) is 57.6 Å². The van der Waals surface area contributed by atoms with Crippen molar-refractivity contribution >= 4 is 22.2 Å². The van der Waals surface area contributed by atoms with E-state index in [0.717, 1.165) is 64.3 Å². The van der Waals surface area contributed by atoms with Crippen LogP contribution in [0.5, 0.6) is 0 Å². The molecule has 0 amide bonds. The van der Waals surface area contributed by atoms with Crippen molar-refractivity contribution in [3.05, 3.63) is 72.9 Å². The number of nitrogens with zero attached hydrogens (tertiary/aromatic N) is 6. The van der Waals surface area contributed by atoms with Crippen molar-refractivity contribution in [2.24, 2.45) is 5.92 Å². The highest BCUT2D eigenvalue weighted by molar-refractivity contribution is 5.91. The summed E-state index contributed by atoms with van der Waals surface area (Å²) < 4.78 is 2.14. The number of benzene rings is 1. The molecule has 4 heterocycles. The molecule has 4 aromatic heterocycles. The molecule has 1 aliphatic carbocycles. The quantitative estimate of drug-likeness (QED) is 0.421. The van der Waals surface area contributed by atoms with Crippen LogP contribution in [0.25, 0.3) is 39.1 Å². The van der Waals surface area contributed by atoms with Gasteiger partial charge in [0.15, 0.2) is 0 Å². The van der Waals surface area contributed by atoms with E-state index in [0.29, 0.717) is 17.7 Å². The van der Waals surface area contributed by atoms with E-state index in [1.165, 1.54) is 0 Å². The van der Waals surface area contributed by atoms with E-state index < -0.39 is 0 Å². The van der Waals surface area contributed by atoms with Gasteiger partial charge in [-0.25, -0.2) is 15.0 Å². The molecule has 0 radical (unpaired) electrons. The average Bonchev–Trinajstić information content (AvgIpc) is 3.21. The molecule has 7 heteroatoms. The lowest BCUT2D eigenvalue weighted by molar-refractivity contribution is 0.194. The minimum absolute atomic E-state index is 0.433. The Balaban J connectivity index is 1.43. The van der Waals surface area contributed by atoms with E-state index in [4.69, 9.17) is 15.7 Å². The predicted molar refractivity (Wildman–Crippen MR) is 135 cm³/mol.